The summed E-state index contributed by atoms with van der Waals surface area (Å²) in [5.74, 6) is -8.54. The van der Waals surface area contributed by atoms with Crippen LogP contribution in [0.5, 0.6) is 0 Å². The summed E-state index contributed by atoms with van der Waals surface area (Å²) in [7, 11) is 0. The Morgan fingerprint density at radius 3 is 2.04 bits per heavy atom. The van der Waals surface area contributed by atoms with Crippen molar-refractivity contribution in [2.45, 2.75) is 88.1 Å². The van der Waals surface area contributed by atoms with Crippen molar-refractivity contribution in [2.24, 2.45) is 27.9 Å². The van der Waals surface area contributed by atoms with E-state index in [0.29, 0.717) is 12.8 Å². The van der Waals surface area contributed by atoms with E-state index in [1.54, 1.807) is 0 Å². The van der Waals surface area contributed by atoms with Gasteiger partial charge in [0.1, 0.15) is 30.2 Å². The largest absolute Gasteiger partial charge is 0.481 e. The van der Waals surface area contributed by atoms with Crippen molar-refractivity contribution in [1.82, 2.24) is 26.2 Å². The summed E-state index contributed by atoms with van der Waals surface area (Å²) >= 11 is 0. The Hall–Kier alpha value is -5.05. The Bertz CT molecular complexity index is 1210. The zero-order valence-electron chi connectivity index (χ0n) is 25.8. The number of rotatable bonds is 20. The van der Waals surface area contributed by atoms with Crippen LogP contribution in [0, 0.1) is 0 Å². The van der Waals surface area contributed by atoms with Gasteiger partial charge in [0.25, 0.3) is 0 Å². The van der Waals surface area contributed by atoms with Gasteiger partial charge in [-0.15, -0.1) is 0 Å². The molecule has 47 heavy (non-hydrogen) atoms. The van der Waals surface area contributed by atoms with Gasteiger partial charge in [0, 0.05) is 19.5 Å². The fraction of sp³-hybridized carbons (Fsp3) is 0.654. The second-order valence-corrected chi connectivity index (χ2v) is 10.8. The molecule has 6 atom stereocenters. The number of aliphatic imine (C=N–C) groups is 1. The highest BCUT2D eigenvalue weighted by Gasteiger charge is 2.38. The number of hydrogen-bond donors (Lipinski definition) is 11. The standard InChI is InChI=1S/C26H44N10O11/c1-12(32-20(41)13(27)4-2-8-31-26(29)30)24(45)36-9-3-5-17(36)23(44)33-14(6-7-18(28)38)21(42)34-15(10-19(39)40)22(43)35-16(11-37)25(46)47/h12-17,37H,2-11,27H2,1H3,(H2,28,38)(H,32,41)(H,33,44)(H,34,42)(H,35,43)(H,39,40)(H,46,47)(H4,29,30,31). The molecular weight excluding hydrogens is 628 g/mol. The lowest BCUT2D eigenvalue weighted by Crippen LogP contribution is -2.59. The molecule has 1 aliphatic heterocycles. The third kappa shape index (κ3) is 13.9. The van der Waals surface area contributed by atoms with Gasteiger partial charge in [-0.2, -0.15) is 0 Å². The van der Waals surface area contributed by atoms with E-state index >= 15 is 0 Å². The number of primary amides is 1. The number of nitrogens with two attached hydrogens (primary N) is 4. The number of likely N-dealkylation sites (tertiary alicyclic amines) is 1. The van der Waals surface area contributed by atoms with Crippen LogP contribution in [0.15, 0.2) is 4.99 Å². The minimum Gasteiger partial charge on any atom is -0.481 e. The molecule has 15 N–H and O–H groups in total. The van der Waals surface area contributed by atoms with Crippen molar-refractivity contribution in [2.75, 3.05) is 19.7 Å². The van der Waals surface area contributed by atoms with Gasteiger partial charge in [0.15, 0.2) is 5.96 Å². The summed E-state index contributed by atoms with van der Waals surface area (Å²) in [5, 5.41) is 36.4. The molecule has 0 saturated carbocycles. The molecule has 0 radical (unpaired) electrons. The van der Waals surface area contributed by atoms with E-state index in [1.165, 1.54) is 11.8 Å². The Morgan fingerprint density at radius 1 is 0.872 bits per heavy atom. The van der Waals surface area contributed by atoms with E-state index < -0.39 is 103 Å². The zero-order valence-corrected chi connectivity index (χ0v) is 25.8. The van der Waals surface area contributed by atoms with Gasteiger partial charge in [-0.25, -0.2) is 4.79 Å². The van der Waals surface area contributed by atoms with Crippen LogP contribution in [-0.2, 0) is 38.4 Å². The number of aliphatic hydroxyl groups excluding tert-OH is 1. The zero-order chi connectivity index (χ0) is 35.8. The summed E-state index contributed by atoms with van der Waals surface area (Å²) in [5.41, 5.74) is 21.6. The van der Waals surface area contributed by atoms with E-state index in [0.717, 1.165) is 0 Å². The molecule has 1 rings (SSSR count). The highest BCUT2D eigenvalue weighted by atomic mass is 16.4. The van der Waals surface area contributed by atoms with Gasteiger partial charge < -0.3 is 64.4 Å². The summed E-state index contributed by atoms with van der Waals surface area (Å²) in [6.45, 7) is 0.764. The second-order valence-electron chi connectivity index (χ2n) is 10.8. The summed E-state index contributed by atoms with van der Waals surface area (Å²) in [6, 6.07) is -8.33. The number of carboxylic acid groups (broad SMARTS) is 2. The van der Waals surface area contributed by atoms with Crippen molar-refractivity contribution >= 4 is 53.3 Å². The molecule has 21 nitrogen and oxygen atoms in total. The van der Waals surface area contributed by atoms with Crippen molar-refractivity contribution in [3.8, 4) is 0 Å². The predicted molar refractivity (Wildman–Crippen MR) is 161 cm³/mol. The number of aliphatic carboxylic acids is 2. The summed E-state index contributed by atoms with van der Waals surface area (Å²) < 4.78 is 0. The molecule has 0 spiro atoms. The lowest BCUT2D eigenvalue weighted by Gasteiger charge is -2.29. The van der Waals surface area contributed by atoms with E-state index in [-0.39, 0.29) is 38.3 Å². The maximum absolute atomic E-state index is 13.3. The number of aliphatic hydroxyl groups is 1. The van der Waals surface area contributed by atoms with Crippen molar-refractivity contribution in [1.29, 1.82) is 0 Å². The number of guanidine groups is 1. The highest BCUT2D eigenvalue weighted by molar-refractivity contribution is 5.97. The van der Waals surface area contributed by atoms with Crippen LogP contribution < -0.4 is 44.2 Å². The molecule has 6 unspecified atom stereocenters. The number of carbonyl (C=O) groups excluding carboxylic acids is 6. The lowest BCUT2D eigenvalue weighted by molar-refractivity contribution is -0.144. The molecule has 0 bridgehead atoms. The van der Waals surface area contributed by atoms with Crippen LogP contribution in [0.4, 0.5) is 0 Å². The van der Waals surface area contributed by atoms with Crippen molar-refractivity contribution in [3.05, 3.63) is 0 Å². The molecule has 6 amide bonds. The Balaban J connectivity index is 3.00. The van der Waals surface area contributed by atoms with Gasteiger partial charge in [0.05, 0.1) is 19.1 Å². The molecule has 1 aliphatic rings. The van der Waals surface area contributed by atoms with Crippen molar-refractivity contribution < 1.29 is 53.7 Å². The van der Waals surface area contributed by atoms with Gasteiger partial charge in [-0.1, -0.05) is 0 Å². The molecule has 264 valence electrons. The minimum atomic E-state index is -1.84. The van der Waals surface area contributed by atoms with Crippen LogP contribution in [0.1, 0.15) is 51.9 Å². The molecule has 0 aromatic heterocycles. The number of carboxylic acids is 2. The minimum absolute atomic E-state index is 0.106. The monoisotopic (exact) mass is 672 g/mol. The fourth-order valence-corrected chi connectivity index (χ4v) is 4.52. The first-order valence-corrected chi connectivity index (χ1v) is 14.6. The molecule has 0 aromatic carbocycles. The van der Waals surface area contributed by atoms with Crippen LogP contribution in [0.2, 0.25) is 0 Å². The van der Waals surface area contributed by atoms with E-state index in [1.807, 2.05) is 5.32 Å². The van der Waals surface area contributed by atoms with Gasteiger partial charge >= 0.3 is 11.9 Å². The quantitative estimate of drug-likeness (QED) is 0.0326. The smallest absolute Gasteiger partial charge is 0.328 e. The van der Waals surface area contributed by atoms with Crippen LogP contribution in [-0.4, -0.2) is 130 Å². The van der Waals surface area contributed by atoms with Crippen LogP contribution in [0.3, 0.4) is 0 Å². The summed E-state index contributed by atoms with van der Waals surface area (Å²) in [6.07, 6.45) is -0.595. The number of carbonyl (C=O) groups is 8. The third-order valence-corrected chi connectivity index (χ3v) is 6.99. The maximum atomic E-state index is 13.3. The Kier molecular flexibility index (Phi) is 16.6. The number of hydrogen-bond acceptors (Lipinski definition) is 11. The average molecular weight is 673 g/mol. The Morgan fingerprint density at radius 2 is 1.49 bits per heavy atom. The SMILES string of the molecule is CC(NC(=O)C(N)CCCN=C(N)N)C(=O)N1CCCC1C(=O)NC(CCC(N)=O)C(=O)NC(CC(=O)O)C(=O)NC(CO)C(=O)O. The average Bonchev–Trinajstić information content (AvgIpc) is 3.48. The lowest BCUT2D eigenvalue weighted by atomic mass is 10.1. The van der Waals surface area contributed by atoms with Crippen LogP contribution in [0.25, 0.3) is 0 Å². The number of amides is 6. The third-order valence-electron chi connectivity index (χ3n) is 6.99. The fourth-order valence-electron chi connectivity index (χ4n) is 4.52. The molecule has 21 heteroatoms. The molecule has 1 saturated heterocycles. The van der Waals surface area contributed by atoms with E-state index in [9.17, 15) is 43.5 Å². The second kappa shape index (κ2) is 19.5. The molecule has 1 fully saturated rings. The molecular formula is C26H44N10O11. The molecule has 1 heterocycles. The number of nitrogens with zero attached hydrogens (tertiary/aromatic N) is 2. The first kappa shape index (κ1) is 40.0. The molecule has 0 aromatic rings. The maximum Gasteiger partial charge on any atom is 0.328 e. The first-order valence-electron chi connectivity index (χ1n) is 14.6. The molecule has 0 aliphatic carbocycles. The Labute approximate surface area is 269 Å². The number of nitrogens with one attached hydrogen (secondary N) is 4. The summed E-state index contributed by atoms with van der Waals surface area (Å²) in [4.78, 5) is 104. The first-order chi connectivity index (χ1) is 22.0. The normalized spacial score (nSPS) is 17.2. The predicted octanol–water partition coefficient (Wildman–Crippen LogP) is -5.87. The highest BCUT2D eigenvalue weighted by Crippen LogP contribution is 2.19. The van der Waals surface area contributed by atoms with E-state index in [4.69, 9.17) is 33.1 Å². The van der Waals surface area contributed by atoms with Crippen LogP contribution >= 0.6 is 0 Å². The van der Waals surface area contributed by atoms with E-state index in [2.05, 4.69) is 20.9 Å². The van der Waals surface area contributed by atoms with Gasteiger partial charge in [-0.05, 0) is 39.0 Å². The van der Waals surface area contributed by atoms with Gasteiger partial charge in [-0.3, -0.25) is 38.6 Å². The van der Waals surface area contributed by atoms with Gasteiger partial charge in [0.2, 0.25) is 35.4 Å². The topological polar surface area (TPSA) is 365 Å². The van der Waals surface area contributed by atoms with Crippen molar-refractivity contribution in [3.63, 3.8) is 0 Å².